The Labute approximate surface area is 246 Å². The van der Waals surface area contributed by atoms with Gasteiger partial charge in [-0.3, -0.25) is 4.79 Å². The molecule has 3 aromatic rings. The van der Waals surface area contributed by atoms with E-state index in [-0.39, 0.29) is 24.9 Å². The minimum Gasteiger partial charge on any atom is -0.489 e. The van der Waals surface area contributed by atoms with Crippen LogP contribution in [0, 0.1) is 0 Å². The standard InChI is InChI=1S/C32H36F3NO7/c1-16-28(38)29(39)30(40)31(42-16)43-26(37)13-19-7-10-22-23-14-20(8-11-25(23)36-27(19)22)41-15-17-6-9-21(18-4-2-3-5-18)24(12-17)32(33,34)35/h6,8-9,11-12,14,16,18-19,28-31,36,38-40H,2-5,7,10,13,15H2,1H3/t16-,19+,28-,29+,30-,31+/m1/s1. The predicted octanol–water partition coefficient (Wildman–Crippen LogP) is 5.21. The molecule has 0 radical (unpaired) electrons. The molecular formula is C32H36F3NO7. The first-order chi connectivity index (χ1) is 20.5. The van der Waals surface area contributed by atoms with E-state index in [9.17, 15) is 33.3 Å². The lowest BCUT2D eigenvalue weighted by Crippen LogP contribution is -2.57. The Hall–Kier alpha value is -3.12. The van der Waals surface area contributed by atoms with Gasteiger partial charge in [-0.1, -0.05) is 25.0 Å². The number of alkyl halides is 3. The number of carbonyl (C=O) groups excluding carboxylic acids is 1. The van der Waals surface area contributed by atoms with Crippen LogP contribution in [0.4, 0.5) is 13.2 Å². The summed E-state index contributed by atoms with van der Waals surface area (Å²) in [5.41, 5.74) is 3.06. The van der Waals surface area contributed by atoms with E-state index in [1.807, 2.05) is 12.1 Å². The second-order valence-corrected chi connectivity index (χ2v) is 12.0. The van der Waals surface area contributed by atoms with Crippen LogP contribution in [0.3, 0.4) is 0 Å². The Balaban J connectivity index is 1.12. The SMILES string of the molecule is C[C@H]1O[C@@H](OC(=O)C[C@@H]2CCc3c2[nH]c2ccc(OCc4ccc(C5CCCC5)c(C(F)(F)F)c4)cc32)[C@H](O)[C@@H](O)[C@@H]1O. The van der Waals surface area contributed by atoms with E-state index < -0.39 is 48.4 Å². The van der Waals surface area contributed by atoms with Gasteiger partial charge in [-0.2, -0.15) is 13.2 Å². The number of aromatic nitrogens is 1. The van der Waals surface area contributed by atoms with Crippen LogP contribution in [0.5, 0.6) is 5.75 Å². The number of fused-ring (bicyclic) bond motifs is 3. The Bertz CT molecular complexity index is 1480. The van der Waals surface area contributed by atoms with Crippen molar-refractivity contribution in [2.45, 2.75) is 107 Å². The number of aliphatic hydroxyl groups is 3. The summed E-state index contributed by atoms with van der Waals surface area (Å²) in [5, 5.41) is 30.9. The molecule has 0 unspecified atom stereocenters. The highest BCUT2D eigenvalue weighted by molar-refractivity contribution is 5.87. The van der Waals surface area contributed by atoms with E-state index in [0.29, 0.717) is 29.7 Å². The first-order valence-electron chi connectivity index (χ1n) is 14.9. The third kappa shape index (κ3) is 6.00. The number of carbonyl (C=O) groups is 1. The van der Waals surface area contributed by atoms with E-state index in [2.05, 4.69) is 4.98 Å². The van der Waals surface area contributed by atoms with Crippen LogP contribution >= 0.6 is 0 Å². The fourth-order valence-electron chi connectivity index (χ4n) is 6.81. The van der Waals surface area contributed by atoms with Crippen molar-refractivity contribution in [1.82, 2.24) is 4.98 Å². The van der Waals surface area contributed by atoms with Gasteiger partial charge in [0, 0.05) is 22.5 Å². The van der Waals surface area contributed by atoms with Crippen molar-refractivity contribution in [2.24, 2.45) is 0 Å². The number of halogens is 3. The maximum atomic E-state index is 13.9. The Kier molecular flexibility index (Phi) is 8.18. The normalized spacial score (nSPS) is 27.9. The van der Waals surface area contributed by atoms with E-state index in [1.165, 1.54) is 13.0 Å². The van der Waals surface area contributed by atoms with Gasteiger partial charge < -0.3 is 34.5 Å². The molecule has 0 bridgehead atoms. The number of aryl methyl sites for hydroxylation is 1. The number of hydrogen-bond acceptors (Lipinski definition) is 7. The van der Waals surface area contributed by atoms with Gasteiger partial charge >= 0.3 is 12.1 Å². The molecule has 4 N–H and O–H groups in total. The zero-order chi connectivity index (χ0) is 30.5. The van der Waals surface area contributed by atoms with Crippen molar-refractivity contribution in [1.29, 1.82) is 0 Å². The summed E-state index contributed by atoms with van der Waals surface area (Å²) in [6.45, 7) is 1.51. The molecule has 2 fully saturated rings. The predicted molar refractivity (Wildman–Crippen MR) is 149 cm³/mol. The molecule has 2 heterocycles. The summed E-state index contributed by atoms with van der Waals surface area (Å²) in [6.07, 6.45) is -6.05. The molecule has 3 aliphatic rings. The van der Waals surface area contributed by atoms with Gasteiger partial charge in [0.05, 0.1) is 18.1 Å². The first kappa shape index (κ1) is 29.9. The van der Waals surface area contributed by atoms with Crippen molar-refractivity contribution in [3.63, 3.8) is 0 Å². The third-order valence-corrected chi connectivity index (χ3v) is 9.15. The topological polar surface area (TPSA) is 121 Å². The molecule has 1 aromatic heterocycles. The molecule has 8 nitrogen and oxygen atoms in total. The number of benzene rings is 2. The molecule has 232 valence electrons. The third-order valence-electron chi connectivity index (χ3n) is 9.15. The monoisotopic (exact) mass is 603 g/mol. The van der Waals surface area contributed by atoms with Gasteiger partial charge in [0.2, 0.25) is 6.29 Å². The number of esters is 1. The van der Waals surface area contributed by atoms with E-state index in [4.69, 9.17) is 14.2 Å². The average Bonchev–Trinajstić information content (AvgIpc) is 3.72. The molecule has 0 spiro atoms. The number of ether oxygens (including phenoxy) is 3. The first-order valence-corrected chi connectivity index (χ1v) is 14.9. The van der Waals surface area contributed by atoms with Crippen molar-refractivity contribution in [3.8, 4) is 5.75 Å². The lowest BCUT2D eigenvalue weighted by atomic mass is 9.91. The van der Waals surface area contributed by atoms with Gasteiger partial charge in [-0.25, -0.2) is 0 Å². The highest BCUT2D eigenvalue weighted by Crippen LogP contribution is 2.43. The lowest BCUT2D eigenvalue weighted by molar-refractivity contribution is -0.284. The lowest BCUT2D eigenvalue weighted by Gasteiger charge is -2.38. The van der Waals surface area contributed by atoms with Crippen LogP contribution in [0.2, 0.25) is 0 Å². The molecule has 0 amide bonds. The number of rotatable bonds is 7. The summed E-state index contributed by atoms with van der Waals surface area (Å²) in [4.78, 5) is 16.1. The van der Waals surface area contributed by atoms with Crippen LogP contribution in [-0.2, 0) is 33.5 Å². The Morgan fingerprint density at radius 1 is 1.02 bits per heavy atom. The number of aliphatic hydroxyl groups excluding tert-OH is 3. The van der Waals surface area contributed by atoms with Gasteiger partial charge in [0.1, 0.15) is 30.7 Å². The number of hydrogen-bond donors (Lipinski definition) is 4. The van der Waals surface area contributed by atoms with Crippen molar-refractivity contribution >= 4 is 16.9 Å². The molecule has 1 saturated heterocycles. The summed E-state index contributed by atoms with van der Waals surface area (Å²) in [6, 6.07) is 10.0. The molecule has 1 aliphatic heterocycles. The largest absolute Gasteiger partial charge is 0.489 e. The van der Waals surface area contributed by atoms with Crippen molar-refractivity contribution in [2.75, 3.05) is 0 Å². The highest BCUT2D eigenvalue weighted by Gasteiger charge is 2.44. The smallest absolute Gasteiger partial charge is 0.416 e. The van der Waals surface area contributed by atoms with Crippen LogP contribution < -0.4 is 4.74 Å². The van der Waals surface area contributed by atoms with E-state index in [1.54, 1.807) is 18.2 Å². The summed E-state index contributed by atoms with van der Waals surface area (Å²) < 4.78 is 58.3. The number of H-pyrrole nitrogens is 1. The van der Waals surface area contributed by atoms with Crippen molar-refractivity contribution in [3.05, 3.63) is 64.3 Å². The second-order valence-electron chi connectivity index (χ2n) is 12.0. The molecule has 6 rings (SSSR count). The molecule has 2 aliphatic carbocycles. The molecular weight excluding hydrogens is 567 g/mol. The number of aromatic amines is 1. The van der Waals surface area contributed by atoms with Gasteiger partial charge in [-0.05, 0) is 79.5 Å². The maximum absolute atomic E-state index is 13.9. The summed E-state index contributed by atoms with van der Waals surface area (Å²) >= 11 is 0. The quantitative estimate of drug-likeness (QED) is 0.274. The van der Waals surface area contributed by atoms with Crippen LogP contribution in [-0.4, -0.2) is 57.0 Å². The second kappa shape index (κ2) is 11.8. The fraction of sp³-hybridized carbons (Fsp3) is 0.531. The van der Waals surface area contributed by atoms with E-state index in [0.717, 1.165) is 47.8 Å². The molecule has 2 aromatic carbocycles. The highest BCUT2D eigenvalue weighted by atomic mass is 19.4. The van der Waals surface area contributed by atoms with Crippen molar-refractivity contribution < 1.29 is 47.5 Å². The van der Waals surface area contributed by atoms with Crippen LogP contribution in [0.25, 0.3) is 10.9 Å². The zero-order valence-electron chi connectivity index (χ0n) is 23.8. The molecule has 6 atom stereocenters. The maximum Gasteiger partial charge on any atom is 0.416 e. The fourth-order valence-corrected chi connectivity index (χ4v) is 6.81. The van der Waals surface area contributed by atoms with Crippen LogP contribution in [0.1, 0.15) is 85.2 Å². The zero-order valence-corrected chi connectivity index (χ0v) is 23.8. The Morgan fingerprint density at radius 3 is 2.53 bits per heavy atom. The molecule has 11 heteroatoms. The van der Waals surface area contributed by atoms with Crippen LogP contribution in [0.15, 0.2) is 36.4 Å². The van der Waals surface area contributed by atoms with Gasteiger partial charge in [-0.15, -0.1) is 0 Å². The van der Waals surface area contributed by atoms with Gasteiger partial charge in [0.15, 0.2) is 0 Å². The Morgan fingerprint density at radius 2 is 1.79 bits per heavy atom. The minimum absolute atomic E-state index is 0.0000431. The summed E-state index contributed by atoms with van der Waals surface area (Å²) in [5.74, 6) is -0.276. The number of nitrogens with one attached hydrogen (secondary N) is 1. The molecule has 43 heavy (non-hydrogen) atoms. The summed E-state index contributed by atoms with van der Waals surface area (Å²) in [7, 11) is 0. The van der Waals surface area contributed by atoms with Gasteiger partial charge in [0.25, 0.3) is 0 Å². The average molecular weight is 604 g/mol. The minimum atomic E-state index is -4.42. The molecule has 1 saturated carbocycles. The van der Waals surface area contributed by atoms with E-state index >= 15 is 0 Å².